The predicted octanol–water partition coefficient (Wildman–Crippen LogP) is -0.563. The van der Waals surface area contributed by atoms with Gasteiger partial charge in [0.05, 0.1) is 0 Å². The van der Waals surface area contributed by atoms with Gasteiger partial charge >= 0.3 is 6.03 Å². The van der Waals surface area contributed by atoms with E-state index in [1.165, 1.54) is 31.4 Å². The fourth-order valence-electron chi connectivity index (χ4n) is 0.268. The van der Waals surface area contributed by atoms with Crippen molar-refractivity contribution in [3.8, 4) is 12.4 Å². The number of nitrogens with zero attached hydrogens (tertiary/aromatic N) is 4. The zero-order valence-corrected chi connectivity index (χ0v) is 6.20. The normalized spacial score (nSPS) is 7.27. The van der Waals surface area contributed by atoms with Gasteiger partial charge in [0.2, 0.25) is 12.4 Å². The van der Waals surface area contributed by atoms with Gasteiger partial charge in [0.25, 0.3) is 0 Å². The third-order valence-corrected chi connectivity index (χ3v) is 0.814. The summed E-state index contributed by atoms with van der Waals surface area (Å²) in [6, 6.07) is -0.520. The monoisotopic (exact) mass is 153 g/mol. The molecule has 0 aromatic rings. The number of hydrazine groups is 1. The van der Waals surface area contributed by atoms with Gasteiger partial charge in [-0.25, -0.2) is 10.2 Å². The van der Waals surface area contributed by atoms with Crippen molar-refractivity contribution < 1.29 is 4.79 Å². The van der Waals surface area contributed by atoms with Crippen LogP contribution in [0.25, 0.3) is 0 Å². The number of carbonyl (C=O) groups is 1. The van der Waals surface area contributed by atoms with Gasteiger partial charge in [0, 0.05) is 14.1 Å². The molecule has 0 radical (unpaired) electrons. The molecule has 0 saturated carbocycles. The minimum absolute atomic E-state index is 0.461. The SMILES string of the molecule is CN(C)C(=O)NN(C#N)C#N. The Kier molecular flexibility index (Phi) is 3.26. The highest BCUT2D eigenvalue weighted by Gasteiger charge is 2.06. The quantitative estimate of drug-likeness (QED) is 0.311. The Balaban J connectivity index is 3.98. The standard InChI is InChI=1S/C5H7N5O/c1-9(2)5(11)8-10(3-6)4-7/h1-2H3,(H,8,11). The molecular formula is C5H7N5O. The highest BCUT2D eigenvalue weighted by molar-refractivity contribution is 5.73. The number of urea groups is 1. The largest absolute Gasteiger partial charge is 0.337 e. The average Bonchev–Trinajstić information content (AvgIpc) is 1.99. The van der Waals surface area contributed by atoms with Crippen LogP contribution in [0.4, 0.5) is 4.79 Å². The third kappa shape index (κ3) is 2.92. The van der Waals surface area contributed by atoms with Crippen LogP contribution in [-0.4, -0.2) is 30.0 Å². The first-order valence-corrected chi connectivity index (χ1v) is 2.69. The second-order valence-corrected chi connectivity index (χ2v) is 1.85. The Morgan fingerprint density at radius 2 is 1.82 bits per heavy atom. The molecule has 0 fully saturated rings. The van der Waals surface area contributed by atoms with Gasteiger partial charge in [-0.1, -0.05) is 0 Å². The summed E-state index contributed by atoms with van der Waals surface area (Å²) in [5, 5.41) is 16.8. The molecule has 6 heteroatoms. The molecule has 0 aromatic heterocycles. The molecule has 0 unspecified atom stereocenters. The van der Waals surface area contributed by atoms with E-state index >= 15 is 0 Å². The summed E-state index contributed by atoms with van der Waals surface area (Å²) >= 11 is 0. The van der Waals surface area contributed by atoms with Crippen molar-refractivity contribution in [3.05, 3.63) is 0 Å². The van der Waals surface area contributed by atoms with Crippen molar-refractivity contribution in [2.75, 3.05) is 14.1 Å². The molecule has 0 saturated heterocycles. The zero-order valence-electron chi connectivity index (χ0n) is 6.20. The van der Waals surface area contributed by atoms with Crippen LogP contribution in [0.2, 0.25) is 0 Å². The van der Waals surface area contributed by atoms with Gasteiger partial charge in [0.15, 0.2) is 0 Å². The molecule has 6 nitrogen and oxygen atoms in total. The molecule has 0 atom stereocenters. The third-order valence-electron chi connectivity index (χ3n) is 0.814. The van der Waals surface area contributed by atoms with Crippen LogP contribution in [0, 0.1) is 22.9 Å². The van der Waals surface area contributed by atoms with E-state index < -0.39 is 6.03 Å². The molecular weight excluding hydrogens is 146 g/mol. The second kappa shape index (κ2) is 3.96. The van der Waals surface area contributed by atoms with Gasteiger partial charge in [-0.15, -0.1) is 5.01 Å². The zero-order chi connectivity index (χ0) is 8.85. The van der Waals surface area contributed by atoms with E-state index in [4.69, 9.17) is 10.5 Å². The van der Waals surface area contributed by atoms with Crippen molar-refractivity contribution in [3.63, 3.8) is 0 Å². The highest BCUT2D eigenvalue weighted by atomic mass is 16.2. The number of amides is 2. The number of hydrogen-bond acceptors (Lipinski definition) is 4. The summed E-state index contributed by atoms with van der Waals surface area (Å²) < 4.78 is 0. The molecule has 2 amide bonds. The van der Waals surface area contributed by atoms with Crippen molar-refractivity contribution in [1.82, 2.24) is 15.3 Å². The number of hydrogen-bond donors (Lipinski definition) is 1. The minimum atomic E-state index is -0.520. The molecule has 0 rings (SSSR count). The average molecular weight is 153 g/mol. The molecule has 0 aliphatic rings. The van der Waals surface area contributed by atoms with Gasteiger partial charge in [0.1, 0.15) is 0 Å². The first-order chi connectivity index (χ1) is 5.11. The van der Waals surface area contributed by atoms with Crippen molar-refractivity contribution >= 4 is 6.03 Å². The van der Waals surface area contributed by atoms with Gasteiger partial charge in [-0.3, -0.25) is 0 Å². The molecule has 0 aromatic carbocycles. The number of nitriles is 2. The van der Waals surface area contributed by atoms with Crippen LogP contribution >= 0.6 is 0 Å². The van der Waals surface area contributed by atoms with Crippen LogP contribution in [0.3, 0.4) is 0 Å². The lowest BCUT2D eigenvalue weighted by Crippen LogP contribution is -2.41. The van der Waals surface area contributed by atoms with Crippen LogP contribution in [0.1, 0.15) is 0 Å². The smallest absolute Gasteiger partial charge is 0.329 e. The van der Waals surface area contributed by atoms with Crippen LogP contribution in [-0.2, 0) is 0 Å². The summed E-state index contributed by atoms with van der Waals surface area (Å²) in [7, 11) is 3.00. The molecule has 0 aliphatic heterocycles. The molecule has 0 heterocycles. The van der Waals surface area contributed by atoms with Crippen molar-refractivity contribution in [2.24, 2.45) is 0 Å². The molecule has 0 spiro atoms. The van der Waals surface area contributed by atoms with E-state index in [0.717, 1.165) is 0 Å². The summed E-state index contributed by atoms with van der Waals surface area (Å²) in [5.41, 5.74) is 2.01. The van der Waals surface area contributed by atoms with E-state index in [0.29, 0.717) is 5.01 Å². The van der Waals surface area contributed by atoms with Crippen molar-refractivity contribution in [2.45, 2.75) is 0 Å². The lowest BCUT2D eigenvalue weighted by atomic mass is 10.8. The summed E-state index contributed by atoms with van der Waals surface area (Å²) in [6.45, 7) is 0. The summed E-state index contributed by atoms with van der Waals surface area (Å²) in [6.07, 6.45) is 2.90. The van der Waals surface area contributed by atoms with E-state index in [2.05, 4.69) is 0 Å². The van der Waals surface area contributed by atoms with E-state index in [9.17, 15) is 4.79 Å². The topological polar surface area (TPSA) is 83.2 Å². The van der Waals surface area contributed by atoms with Gasteiger partial charge in [-0.2, -0.15) is 10.5 Å². The van der Waals surface area contributed by atoms with E-state index in [1.54, 1.807) is 0 Å². The fourth-order valence-corrected chi connectivity index (χ4v) is 0.268. The van der Waals surface area contributed by atoms with Gasteiger partial charge < -0.3 is 4.90 Å². The molecule has 0 bridgehead atoms. The summed E-state index contributed by atoms with van der Waals surface area (Å²) in [5.74, 6) is 0. The first kappa shape index (κ1) is 9.05. The Labute approximate surface area is 64.2 Å². The Hall–Kier alpha value is -1.95. The molecule has 1 N–H and O–H groups in total. The maximum atomic E-state index is 10.7. The van der Waals surface area contributed by atoms with E-state index in [-0.39, 0.29) is 0 Å². The van der Waals surface area contributed by atoms with Crippen molar-refractivity contribution in [1.29, 1.82) is 10.5 Å². The number of rotatable bonds is 1. The lowest BCUT2D eigenvalue weighted by molar-refractivity contribution is 0.202. The lowest BCUT2D eigenvalue weighted by Gasteiger charge is -2.12. The number of nitrogens with one attached hydrogen (secondary N) is 1. The predicted molar refractivity (Wildman–Crippen MR) is 35.3 cm³/mol. The van der Waals surface area contributed by atoms with Crippen LogP contribution in [0.15, 0.2) is 0 Å². The summed E-state index contributed by atoms with van der Waals surface area (Å²) in [4.78, 5) is 12.0. The minimum Gasteiger partial charge on any atom is -0.329 e. The maximum Gasteiger partial charge on any atom is 0.337 e. The Morgan fingerprint density at radius 3 is 2.09 bits per heavy atom. The van der Waals surface area contributed by atoms with Crippen LogP contribution < -0.4 is 5.43 Å². The Bertz CT molecular complexity index is 208. The molecule has 0 aliphatic carbocycles. The molecule has 58 valence electrons. The van der Waals surface area contributed by atoms with Crippen LogP contribution in [0.5, 0.6) is 0 Å². The first-order valence-electron chi connectivity index (χ1n) is 2.69. The van der Waals surface area contributed by atoms with E-state index in [1.807, 2.05) is 5.43 Å². The number of carbonyl (C=O) groups excluding carboxylic acids is 1. The Morgan fingerprint density at radius 1 is 1.36 bits per heavy atom. The fraction of sp³-hybridized carbons (Fsp3) is 0.400. The highest BCUT2D eigenvalue weighted by Crippen LogP contribution is 1.79. The van der Waals surface area contributed by atoms with Gasteiger partial charge in [-0.05, 0) is 0 Å². The maximum absolute atomic E-state index is 10.7. The molecule has 11 heavy (non-hydrogen) atoms. The second-order valence-electron chi connectivity index (χ2n) is 1.85.